The third kappa shape index (κ3) is 5.60. The summed E-state index contributed by atoms with van der Waals surface area (Å²) in [7, 11) is 2.01. The summed E-state index contributed by atoms with van der Waals surface area (Å²) in [5.74, 6) is 3.60. The number of thiophene rings is 1. The lowest BCUT2D eigenvalue weighted by atomic mass is 10.1. The van der Waals surface area contributed by atoms with Crippen molar-refractivity contribution in [1.29, 1.82) is 0 Å². The molecule has 7 nitrogen and oxygen atoms in total. The molecular formula is C22H35N7S. The summed E-state index contributed by atoms with van der Waals surface area (Å²) >= 11 is 1.82. The van der Waals surface area contributed by atoms with Crippen molar-refractivity contribution in [3.8, 4) is 0 Å². The van der Waals surface area contributed by atoms with Gasteiger partial charge in [0.25, 0.3) is 0 Å². The third-order valence-electron chi connectivity index (χ3n) is 6.34. The summed E-state index contributed by atoms with van der Waals surface area (Å²) in [6.45, 7) is 9.42. The third-order valence-corrected chi connectivity index (χ3v) is 7.27. The first-order valence-corrected chi connectivity index (χ1v) is 12.2. The SMILES string of the molecule is Cc1nnc(CN=C(NCCc2cccs2)N2CCC(CN3CCCCC3)C2)n1C. The molecule has 1 atom stereocenters. The number of rotatable bonds is 7. The minimum atomic E-state index is 0.561. The zero-order chi connectivity index (χ0) is 20.8. The van der Waals surface area contributed by atoms with Crippen LogP contribution in [0.25, 0.3) is 0 Å². The van der Waals surface area contributed by atoms with Crippen LogP contribution in [0.15, 0.2) is 22.5 Å². The van der Waals surface area contributed by atoms with Gasteiger partial charge in [-0.25, -0.2) is 4.99 Å². The van der Waals surface area contributed by atoms with Crippen molar-refractivity contribution in [2.75, 3.05) is 39.3 Å². The lowest BCUT2D eigenvalue weighted by Crippen LogP contribution is -2.42. The number of piperidine rings is 1. The van der Waals surface area contributed by atoms with Gasteiger partial charge in [0.15, 0.2) is 11.8 Å². The lowest BCUT2D eigenvalue weighted by Gasteiger charge is -2.29. The van der Waals surface area contributed by atoms with E-state index in [9.17, 15) is 0 Å². The summed E-state index contributed by atoms with van der Waals surface area (Å²) in [5.41, 5.74) is 0. The van der Waals surface area contributed by atoms with Crippen molar-refractivity contribution in [3.05, 3.63) is 34.0 Å². The van der Waals surface area contributed by atoms with Crippen molar-refractivity contribution in [3.63, 3.8) is 0 Å². The van der Waals surface area contributed by atoms with Gasteiger partial charge in [-0.05, 0) is 63.1 Å². The van der Waals surface area contributed by atoms with Gasteiger partial charge in [-0.15, -0.1) is 21.5 Å². The molecule has 0 bridgehead atoms. The maximum Gasteiger partial charge on any atom is 0.194 e. The standard InChI is InChI=1S/C22H35N7S/c1-18-25-26-21(27(18)2)15-24-22(23-10-8-20-7-6-14-30-20)29-13-9-19(17-29)16-28-11-4-3-5-12-28/h6-7,14,19H,3-5,8-13,15-17H2,1-2H3,(H,23,24). The van der Waals surface area contributed by atoms with E-state index in [1.54, 1.807) is 0 Å². The number of aryl methyl sites for hydroxylation is 1. The van der Waals surface area contributed by atoms with Gasteiger partial charge in [0.1, 0.15) is 12.4 Å². The smallest absolute Gasteiger partial charge is 0.194 e. The van der Waals surface area contributed by atoms with Gasteiger partial charge >= 0.3 is 0 Å². The molecule has 8 heteroatoms. The molecule has 164 valence electrons. The predicted molar refractivity (Wildman–Crippen MR) is 123 cm³/mol. The van der Waals surface area contributed by atoms with Gasteiger partial charge in [0.05, 0.1) is 0 Å². The average molecular weight is 430 g/mol. The molecule has 1 N–H and O–H groups in total. The molecule has 1 unspecified atom stereocenters. The second kappa shape index (κ2) is 10.4. The highest BCUT2D eigenvalue weighted by Crippen LogP contribution is 2.20. The lowest BCUT2D eigenvalue weighted by molar-refractivity contribution is 0.198. The second-order valence-corrected chi connectivity index (χ2v) is 9.61. The van der Waals surface area contributed by atoms with Crippen LogP contribution in [0.1, 0.15) is 42.2 Å². The molecule has 2 aromatic rings. The van der Waals surface area contributed by atoms with Crippen LogP contribution in [-0.2, 0) is 20.0 Å². The molecule has 30 heavy (non-hydrogen) atoms. The van der Waals surface area contributed by atoms with Crippen LogP contribution in [0.3, 0.4) is 0 Å². The highest BCUT2D eigenvalue weighted by molar-refractivity contribution is 7.09. The fraction of sp³-hybridized carbons (Fsp3) is 0.682. The highest BCUT2D eigenvalue weighted by Gasteiger charge is 2.27. The number of aliphatic imine (C=N–C) groups is 1. The molecule has 2 aliphatic heterocycles. The van der Waals surface area contributed by atoms with E-state index in [0.29, 0.717) is 6.54 Å². The Morgan fingerprint density at radius 3 is 2.83 bits per heavy atom. The number of hydrogen-bond acceptors (Lipinski definition) is 5. The molecule has 4 heterocycles. The molecule has 2 aromatic heterocycles. The molecule has 0 radical (unpaired) electrons. The Bertz CT molecular complexity index is 808. The molecule has 2 fully saturated rings. The minimum absolute atomic E-state index is 0.561. The van der Waals surface area contributed by atoms with Gasteiger partial charge in [-0.2, -0.15) is 0 Å². The maximum absolute atomic E-state index is 4.95. The Kier molecular flexibility index (Phi) is 7.38. The summed E-state index contributed by atoms with van der Waals surface area (Å²) in [5, 5.41) is 14.2. The number of hydrogen-bond donors (Lipinski definition) is 1. The zero-order valence-corrected chi connectivity index (χ0v) is 19.2. The number of nitrogens with zero attached hydrogens (tertiary/aromatic N) is 6. The van der Waals surface area contributed by atoms with Gasteiger partial charge in [-0.3, -0.25) is 0 Å². The van der Waals surface area contributed by atoms with Crippen molar-refractivity contribution >= 4 is 17.3 Å². The van der Waals surface area contributed by atoms with E-state index >= 15 is 0 Å². The highest BCUT2D eigenvalue weighted by atomic mass is 32.1. The molecule has 0 aromatic carbocycles. The molecule has 4 rings (SSSR count). The quantitative estimate of drug-likeness (QED) is 0.542. The van der Waals surface area contributed by atoms with Crippen LogP contribution in [-0.4, -0.2) is 69.8 Å². The fourth-order valence-electron chi connectivity index (χ4n) is 4.44. The van der Waals surface area contributed by atoms with Crippen LogP contribution < -0.4 is 5.32 Å². The van der Waals surface area contributed by atoms with Crippen LogP contribution in [0.4, 0.5) is 0 Å². The van der Waals surface area contributed by atoms with Crippen LogP contribution >= 0.6 is 11.3 Å². The second-order valence-electron chi connectivity index (χ2n) is 8.58. The average Bonchev–Trinajstić information content (AvgIpc) is 3.50. The number of aromatic nitrogens is 3. The Hall–Kier alpha value is -1.93. The first-order chi connectivity index (χ1) is 14.7. The predicted octanol–water partition coefficient (Wildman–Crippen LogP) is 2.68. The van der Waals surface area contributed by atoms with Gasteiger partial charge in [0, 0.05) is 38.1 Å². The first kappa shape index (κ1) is 21.3. The summed E-state index contributed by atoms with van der Waals surface area (Å²) in [6.07, 6.45) is 6.42. The van der Waals surface area contributed by atoms with Gasteiger partial charge < -0.3 is 19.7 Å². The largest absolute Gasteiger partial charge is 0.356 e. The monoisotopic (exact) mass is 429 g/mol. The Morgan fingerprint density at radius 2 is 2.10 bits per heavy atom. The van der Waals surface area contributed by atoms with Gasteiger partial charge in [0.2, 0.25) is 0 Å². The van der Waals surface area contributed by atoms with E-state index in [-0.39, 0.29) is 0 Å². The minimum Gasteiger partial charge on any atom is -0.356 e. The van der Waals surface area contributed by atoms with E-state index in [1.165, 1.54) is 50.2 Å². The molecule has 0 spiro atoms. The van der Waals surface area contributed by atoms with E-state index in [0.717, 1.165) is 49.6 Å². The first-order valence-electron chi connectivity index (χ1n) is 11.3. The number of likely N-dealkylation sites (tertiary alicyclic amines) is 2. The maximum atomic E-state index is 4.95. The summed E-state index contributed by atoms with van der Waals surface area (Å²) < 4.78 is 2.02. The summed E-state index contributed by atoms with van der Waals surface area (Å²) in [4.78, 5) is 11.5. The molecule has 2 saturated heterocycles. The Balaban J connectivity index is 1.37. The topological polar surface area (TPSA) is 61.6 Å². The van der Waals surface area contributed by atoms with E-state index in [4.69, 9.17) is 4.99 Å². The van der Waals surface area contributed by atoms with Crippen LogP contribution in [0, 0.1) is 12.8 Å². The molecule has 0 amide bonds. The fourth-order valence-corrected chi connectivity index (χ4v) is 5.14. The molecule has 2 aliphatic rings. The van der Waals surface area contributed by atoms with Crippen LogP contribution in [0.2, 0.25) is 0 Å². The Labute approximate surface area is 184 Å². The molecule has 0 aliphatic carbocycles. The van der Waals surface area contributed by atoms with Crippen molar-refractivity contribution < 1.29 is 0 Å². The van der Waals surface area contributed by atoms with Crippen molar-refractivity contribution in [1.82, 2.24) is 29.9 Å². The van der Waals surface area contributed by atoms with Crippen molar-refractivity contribution in [2.45, 2.75) is 45.6 Å². The van der Waals surface area contributed by atoms with Gasteiger partial charge in [-0.1, -0.05) is 12.5 Å². The number of nitrogens with one attached hydrogen (secondary N) is 1. The molecule has 0 saturated carbocycles. The number of guanidine groups is 1. The normalized spacial score (nSPS) is 20.8. The van der Waals surface area contributed by atoms with Crippen LogP contribution in [0.5, 0.6) is 0 Å². The van der Waals surface area contributed by atoms with E-state index < -0.39 is 0 Å². The molecular weight excluding hydrogens is 394 g/mol. The zero-order valence-electron chi connectivity index (χ0n) is 18.4. The van der Waals surface area contributed by atoms with E-state index in [2.05, 4.69) is 42.8 Å². The summed E-state index contributed by atoms with van der Waals surface area (Å²) in [6, 6.07) is 4.33. The van der Waals surface area contributed by atoms with E-state index in [1.807, 2.05) is 29.9 Å². The van der Waals surface area contributed by atoms with Crippen molar-refractivity contribution in [2.24, 2.45) is 18.0 Å². The Morgan fingerprint density at radius 1 is 1.23 bits per heavy atom.